The molecular weight excluding hydrogens is 356 g/mol. The first-order valence-corrected chi connectivity index (χ1v) is 9.08. The van der Waals surface area contributed by atoms with Crippen LogP contribution in [0.3, 0.4) is 0 Å². The van der Waals surface area contributed by atoms with Gasteiger partial charge in [0.2, 0.25) is 0 Å². The molecule has 1 aromatic heterocycles. The third-order valence-electron chi connectivity index (χ3n) is 4.23. The number of ether oxygens (including phenoxy) is 1. The topological polar surface area (TPSA) is 51.2 Å². The molecule has 0 atom stereocenters. The molecular formula is C19H15ClN2O2S. The number of halogens is 1. The predicted molar refractivity (Wildman–Crippen MR) is 101 cm³/mol. The van der Waals surface area contributed by atoms with Gasteiger partial charge in [-0.1, -0.05) is 29.8 Å². The lowest BCUT2D eigenvalue weighted by Gasteiger charge is -2.15. The minimum absolute atomic E-state index is 0.248. The van der Waals surface area contributed by atoms with E-state index in [0.29, 0.717) is 15.7 Å². The molecule has 2 aromatic carbocycles. The molecule has 0 spiro atoms. The molecule has 0 fully saturated rings. The summed E-state index contributed by atoms with van der Waals surface area (Å²) in [6.07, 6.45) is 1.89. The summed E-state index contributed by atoms with van der Waals surface area (Å²) in [5.41, 5.74) is 3.71. The summed E-state index contributed by atoms with van der Waals surface area (Å²) in [5.74, 6) is 0.559. The first-order chi connectivity index (χ1) is 12.2. The van der Waals surface area contributed by atoms with Crippen LogP contribution in [0, 0.1) is 0 Å². The first-order valence-electron chi connectivity index (χ1n) is 7.88. The third-order valence-corrected chi connectivity index (χ3v) is 5.59. The van der Waals surface area contributed by atoms with E-state index in [1.54, 1.807) is 31.4 Å². The lowest BCUT2D eigenvalue weighted by molar-refractivity contribution is 0.102. The van der Waals surface area contributed by atoms with Crippen LogP contribution in [0.15, 0.2) is 42.5 Å². The summed E-state index contributed by atoms with van der Waals surface area (Å²) >= 11 is 7.61. The molecule has 1 heterocycles. The number of nitrogens with zero attached hydrogens (tertiary/aromatic N) is 1. The Morgan fingerprint density at radius 3 is 2.88 bits per heavy atom. The minimum atomic E-state index is -0.248. The highest BCUT2D eigenvalue weighted by atomic mass is 35.5. The SMILES string of the molecule is COc1ccc2c(c1)-c1nc(NC(=O)c3ccccc3Cl)sc1CC2. The average Bonchev–Trinajstić information content (AvgIpc) is 3.04. The van der Waals surface area contributed by atoms with E-state index in [4.69, 9.17) is 16.3 Å². The normalized spacial score (nSPS) is 12.2. The van der Waals surface area contributed by atoms with E-state index < -0.39 is 0 Å². The Morgan fingerprint density at radius 1 is 1.24 bits per heavy atom. The number of aromatic nitrogens is 1. The number of hydrogen-bond acceptors (Lipinski definition) is 4. The smallest absolute Gasteiger partial charge is 0.258 e. The van der Waals surface area contributed by atoms with Crippen molar-refractivity contribution < 1.29 is 9.53 Å². The van der Waals surface area contributed by atoms with Crippen LogP contribution >= 0.6 is 22.9 Å². The van der Waals surface area contributed by atoms with Gasteiger partial charge in [0.15, 0.2) is 5.13 Å². The second-order valence-corrected chi connectivity index (χ2v) is 7.24. The molecule has 0 saturated carbocycles. The van der Waals surface area contributed by atoms with Crippen LogP contribution in [0.5, 0.6) is 5.75 Å². The zero-order valence-corrected chi connectivity index (χ0v) is 15.1. The van der Waals surface area contributed by atoms with Gasteiger partial charge in [-0.25, -0.2) is 4.98 Å². The second-order valence-electron chi connectivity index (χ2n) is 5.75. The number of carbonyl (C=O) groups is 1. The lowest BCUT2D eigenvalue weighted by atomic mass is 9.93. The molecule has 0 saturated heterocycles. The molecule has 0 unspecified atom stereocenters. The zero-order valence-electron chi connectivity index (χ0n) is 13.5. The third kappa shape index (κ3) is 3.01. The van der Waals surface area contributed by atoms with Crippen molar-refractivity contribution in [3.63, 3.8) is 0 Å². The molecule has 25 heavy (non-hydrogen) atoms. The number of benzene rings is 2. The van der Waals surface area contributed by atoms with Crippen molar-refractivity contribution in [2.24, 2.45) is 0 Å². The van der Waals surface area contributed by atoms with E-state index in [1.165, 1.54) is 21.8 Å². The van der Waals surface area contributed by atoms with Gasteiger partial charge in [0.05, 0.1) is 23.4 Å². The van der Waals surface area contributed by atoms with Gasteiger partial charge in [0, 0.05) is 10.4 Å². The maximum Gasteiger partial charge on any atom is 0.258 e. The Morgan fingerprint density at radius 2 is 2.08 bits per heavy atom. The predicted octanol–water partition coefficient (Wildman–Crippen LogP) is 4.82. The van der Waals surface area contributed by atoms with Crippen LogP contribution < -0.4 is 10.1 Å². The van der Waals surface area contributed by atoms with Crippen LogP contribution in [0.4, 0.5) is 5.13 Å². The van der Waals surface area contributed by atoms with Gasteiger partial charge in [-0.05, 0) is 42.7 Å². The molecule has 1 aliphatic carbocycles. The molecule has 126 valence electrons. The molecule has 0 aliphatic heterocycles. The number of amides is 1. The number of thiazole rings is 1. The van der Waals surface area contributed by atoms with Gasteiger partial charge in [-0.2, -0.15) is 0 Å². The first kappa shape index (κ1) is 16.1. The molecule has 4 nitrogen and oxygen atoms in total. The maximum atomic E-state index is 12.4. The fourth-order valence-corrected chi connectivity index (χ4v) is 4.16. The average molecular weight is 371 g/mol. The van der Waals surface area contributed by atoms with Crippen LogP contribution in [0.1, 0.15) is 20.8 Å². The van der Waals surface area contributed by atoms with Gasteiger partial charge < -0.3 is 4.74 Å². The molecule has 1 amide bonds. The van der Waals surface area contributed by atoms with Crippen molar-refractivity contribution in [1.82, 2.24) is 4.98 Å². The Bertz CT molecular complexity index is 968. The Labute approximate surface area is 154 Å². The number of carbonyl (C=O) groups excluding carboxylic acids is 1. The number of aryl methyl sites for hydroxylation is 2. The highest BCUT2D eigenvalue weighted by Gasteiger charge is 2.22. The molecule has 0 radical (unpaired) electrons. The van der Waals surface area contributed by atoms with E-state index in [2.05, 4.69) is 16.4 Å². The standard InChI is InChI=1S/C19H15ClN2O2S/c1-24-12-8-6-11-7-9-16-17(14(11)10-12)21-19(25-16)22-18(23)13-4-2-3-5-15(13)20/h2-6,8,10H,7,9H2,1H3,(H,21,22,23). The molecule has 1 aliphatic rings. The fourth-order valence-electron chi connectivity index (χ4n) is 2.96. The zero-order chi connectivity index (χ0) is 17.4. The maximum absolute atomic E-state index is 12.4. The molecule has 1 N–H and O–H groups in total. The van der Waals surface area contributed by atoms with Gasteiger partial charge in [-0.15, -0.1) is 11.3 Å². The van der Waals surface area contributed by atoms with Crippen LogP contribution in [-0.4, -0.2) is 18.0 Å². The number of methoxy groups -OCH3 is 1. The van der Waals surface area contributed by atoms with E-state index in [1.807, 2.05) is 12.1 Å². The van der Waals surface area contributed by atoms with Gasteiger partial charge in [-0.3, -0.25) is 10.1 Å². The number of fused-ring (bicyclic) bond motifs is 3. The fraction of sp³-hybridized carbons (Fsp3) is 0.158. The van der Waals surface area contributed by atoms with Crippen molar-refractivity contribution >= 4 is 34.0 Å². The lowest BCUT2D eigenvalue weighted by Crippen LogP contribution is -2.12. The highest BCUT2D eigenvalue weighted by Crippen LogP contribution is 2.39. The molecule has 3 aromatic rings. The number of hydrogen-bond donors (Lipinski definition) is 1. The summed E-state index contributed by atoms with van der Waals surface area (Å²) in [6, 6.07) is 13.0. The van der Waals surface area contributed by atoms with Crippen molar-refractivity contribution in [3.8, 4) is 17.0 Å². The largest absolute Gasteiger partial charge is 0.497 e. The van der Waals surface area contributed by atoms with Crippen LogP contribution in [0.2, 0.25) is 5.02 Å². The summed E-state index contributed by atoms with van der Waals surface area (Å²) in [4.78, 5) is 18.3. The van der Waals surface area contributed by atoms with E-state index in [0.717, 1.165) is 29.8 Å². The second kappa shape index (κ2) is 6.50. The number of rotatable bonds is 3. The summed E-state index contributed by atoms with van der Waals surface area (Å²) < 4.78 is 5.33. The quantitative estimate of drug-likeness (QED) is 0.718. The van der Waals surface area contributed by atoms with Crippen LogP contribution in [0.25, 0.3) is 11.3 Å². The number of nitrogens with one attached hydrogen (secondary N) is 1. The van der Waals surface area contributed by atoms with Crippen LogP contribution in [-0.2, 0) is 12.8 Å². The van der Waals surface area contributed by atoms with E-state index in [-0.39, 0.29) is 5.91 Å². The van der Waals surface area contributed by atoms with E-state index >= 15 is 0 Å². The minimum Gasteiger partial charge on any atom is -0.497 e. The van der Waals surface area contributed by atoms with Gasteiger partial charge in [0.1, 0.15) is 5.75 Å². The van der Waals surface area contributed by atoms with Crippen molar-refractivity contribution in [1.29, 1.82) is 0 Å². The molecule has 6 heteroatoms. The van der Waals surface area contributed by atoms with Crippen molar-refractivity contribution in [3.05, 3.63) is 63.5 Å². The van der Waals surface area contributed by atoms with Gasteiger partial charge in [0.25, 0.3) is 5.91 Å². The Balaban J connectivity index is 1.66. The van der Waals surface area contributed by atoms with Crippen molar-refractivity contribution in [2.75, 3.05) is 12.4 Å². The monoisotopic (exact) mass is 370 g/mol. The highest BCUT2D eigenvalue weighted by molar-refractivity contribution is 7.16. The molecule has 4 rings (SSSR count). The van der Waals surface area contributed by atoms with E-state index in [9.17, 15) is 4.79 Å². The Kier molecular flexibility index (Phi) is 4.19. The van der Waals surface area contributed by atoms with Gasteiger partial charge >= 0.3 is 0 Å². The Hall–Kier alpha value is -2.37. The molecule has 0 bridgehead atoms. The number of anilines is 1. The summed E-state index contributed by atoms with van der Waals surface area (Å²) in [7, 11) is 1.65. The summed E-state index contributed by atoms with van der Waals surface area (Å²) in [6.45, 7) is 0. The summed E-state index contributed by atoms with van der Waals surface area (Å²) in [5, 5.41) is 3.88. The van der Waals surface area contributed by atoms with Crippen molar-refractivity contribution in [2.45, 2.75) is 12.8 Å².